The number of carboxylic acid groups (broad SMARTS) is 1. The third-order valence-corrected chi connectivity index (χ3v) is 8.85. The van der Waals surface area contributed by atoms with Crippen LogP contribution in [0.25, 0.3) is 11.1 Å². The van der Waals surface area contributed by atoms with Gasteiger partial charge in [0.1, 0.15) is 5.84 Å². The summed E-state index contributed by atoms with van der Waals surface area (Å²) < 4.78 is 69.5. The summed E-state index contributed by atoms with van der Waals surface area (Å²) in [5, 5.41) is 14.7. The number of benzene rings is 2. The Hall–Kier alpha value is -3.23. The van der Waals surface area contributed by atoms with Gasteiger partial charge < -0.3 is 20.3 Å². The van der Waals surface area contributed by atoms with Gasteiger partial charge in [-0.15, -0.1) is 23.1 Å². The number of aliphatic carboxylic acids is 1. The van der Waals surface area contributed by atoms with Crippen LogP contribution in [0.5, 0.6) is 11.5 Å². The summed E-state index contributed by atoms with van der Waals surface area (Å²) in [6, 6.07) is 13.6. The van der Waals surface area contributed by atoms with E-state index >= 15 is 0 Å². The van der Waals surface area contributed by atoms with Crippen LogP contribution in [-0.2, 0) is 14.6 Å². The normalized spacial score (nSPS) is 11.3. The van der Waals surface area contributed by atoms with E-state index in [4.69, 9.17) is 30.5 Å². The fourth-order valence-corrected chi connectivity index (χ4v) is 6.71. The largest absolute Gasteiger partial charge is 0.493 e. The number of hydrogen-bond donors (Lipinski definition) is 3. The molecule has 0 aliphatic heterocycles. The Balaban J connectivity index is 0.000000572. The number of rotatable bonds is 7. The summed E-state index contributed by atoms with van der Waals surface area (Å²) >= 11 is 2.52. The number of thioether (sulfide) groups is 1. The maximum atomic E-state index is 13.3. The molecule has 1 aromatic heterocycles. The number of sulfone groups is 1. The van der Waals surface area contributed by atoms with E-state index in [1.165, 1.54) is 29.2 Å². The van der Waals surface area contributed by atoms with Gasteiger partial charge in [0.2, 0.25) is 9.84 Å². The first-order chi connectivity index (χ1) is 16.8. The fraction of sp³-hybridized carbons (Fsp3) is 0.182. The molecule has 194 valence electrons. The minimum atomic E-state index is -5.08. The number of nitrogens with two attached hydrogens (primary N) is 1. The molecule has 0 unspecified atom stereocenters. The van der Waals surface area contributed by atoms with Crippen molar-refractivity contribution >= 4 is 44.7 Å². The monoisotopic (exact) mass is 562 g/mol. The topological polar surface area (TPSA) is 140 Å². The van der Waals surface area contributed by atoms with Crippen LogP contribution in [0.15, 0.2) is 62.5 Å². The molecule has 1 heterocycles. The fourth-order valence-electron chi connectivity index (χ4n) is 2.81. The highest BCUT2D eigenvalue weighted by Gasteiger charge is 2.38. The van der Waals surface area contributed by atoms with Gasteiger partial charge in [-0.25, -0.2) is 13.2 Å². The Kier molecular flexibility index (Phi) is 9.40. The molecule has 0 radical (unpaired) electrons. The van der Waals surface area contributed by atoms with Crippen LogP contribution in [0.4, 0.5) is 13.2 Å². The number of methoxy groups -OCH3 is 2. The molecule has 14 heteroatoms. The molecule has 0 spiro atoms. The maximum Gasteiger partial charge on any atom is 0.490 e. The van der Waals surface area contributed by atoms with Gasteiger partial charge in [0.25, 0.3) is 0 Å². The average Bonchev–Trinajstić information content (AvgIpc) is 3.29. The van der Waals surface area contributed by atoms with Crippen molar-refractivity contribution in [2.45, 2.75) is 20.2 Å². The summed E-state index contributed by atoms with van der Waals surface area (Å²) in [6.45, 7) is 0. The Morgan fingerprint density at radius 2 is 1.64 bits per heavy atom. The molecule has 0 atom stereocenters. The molecular weight excluding hydrogens is 541 g/mol. The summed E-state index contributed by atoms with van der Waals surface area (Å²) in [6.07, 6.45) is -3.28. The van der Waals surface area contributed by atoms with Gasteiger partial charge in [0, 0.05) is 0 Å². The molecule has 2 aromatic carbocycles. The zero-order chi connectivity index (χ0) is 27.3. The molecule has 36 heavy (non-hydrogen) atoms. The van der Waals surface area contributed by atoms with Crippen LogP contribution in [-0.4, -0.2) is 52.0 Å². The quantitative estimate of drug-likeness (QED) is 0.210. The van der Waals surface area contributed by atoms with Crippen LogP contribution in [0.2, 0.25) is 0 Å². The van der Waals surface area contributed by atoms with E-state index in [1.54, 1.807) is 50.8 Å². The van der Waals surface area contributed by atoms with Crippen LogP contribution < -0.4 is 15.2 Å². The number of amidine groups is 1. The molecule has 3 aromatic rings. The number of nitrogens with one attached hydrogen (secondary N) is 1. The number of ether oxygens (including phenoxy) is 2. The Labute approximate surface area is 213 Å². The van der Waals surface area contributed by atoms with Crippen molar-refractivity contribution in [2.24, 2.45) is 5.73 Å². The van der Waals surface area contributed by atoms with Gasteiger partial charge in [-0.05, 0) is 47.7 Å². The molecule has 4 N–H and O–H groups in total. The lowest BCUT2D eigenvalue weighted by molar-refractivity contribution is -0.192. The first-order valence-corrected chi connectivity index (χ1v) is 13.2. The smallest absolute Gasteiger partial charge is 0.490 e. The van der Waals surface area contributed by atoms with Crippen LogP contribution >= 0.6 is 23.1 Å². The molecule has 0 amide bonds. The molecule has 0 aliphatic rings. The Bertz CT molecular complexity index is 1370. The van der Waals surface area contributed by atoms with Gasteiger partial charge in [-0.1, -0.05) is 18.2 Å². The first-order valence-electron chi connectivity index (χ1n) is 9.66. The number of hydrogen-bond acceptors (Lipinski definition) is 8. The molecule has 0 saturated carbocycles. The number of carbonyl (C=O) groups is 1. The molecule has 0 bridgehead atoms. The van der Waals surface area contributed by atoms with Crippen molar-refractivity contribution in [3.8, 4) is 22.6 Å². The molecular formula is C22H21F3N2O6S3. The highest BCUT2D eigenvalue weighted by atomic mass is 32.2. The van der Waals surface area contributed by atoms with E-state index in [2.05, 4.69) is 0 Å². The van der Waals surface area contributed by atoms with E-state index < -0.39 is 22.0 Å². The minimum absolute atomic E-state index is 0.147. The molecule has 8 nitrogen and oxygen atoms in total. The SMILES string of the molecule is COc1ccc(-c2cccc(S(=O)(=O)c3cc(C(=N)N)sc3SC)c2)cc1OC.O=C(O)C(F)(F)F. The predicted molar refractivity (Wildman–Crippen MR) is 131 cm³/mol. The molecule has 0 fully saturated rings. The zero-order valence-electron chi connectivity index (χ0n) is 19.0. The number of nitrogen functional groups attached to an aromatic ring is 1. The van der Waals surface area contributed by atoms with Crippen molar-refractivity contribution < 1.29 is 41.0 Å². The van der Waals surface area contributed by atoms with Crippen molar-refractivity contribution in [3.63, 3.8) is 0 Å². The van der Waals surface area contributed by atoms with Crippen LogP contribution in [0.1, 0.15) is 4.88 Å². The second kappa shape index (κ2) is 11.7. The second-order valence-electron chi connectivity index (χ2n) is 6.78. The Morgan fingerprint density at radius 1 is 1.06 bits per heavy atom. The molecule has 3 rings (SSSR count). The van der Waals surface area contributed by atoms with Crippen molar-refractivity contribution in [1.29, 1.82) is 5.41 Å². The van der Waals surface area contributed by atoms with Crippen molar-refractivity contribution in [1.82, 2.24) is 0 Å². The highest BCUT2D eigenvalue weighted by molar-refractivity contribution is 8.01. The number of thiophene rings is 1. The number of halogens is 3. The highest BCUT2D eigenvalue weighted by Crippen LogP contribution is 2.38. The summed E-state index contributed by atoms with van der Waals surface area (Å²) in [7, 11) is -0.661. The van der Waals surface area contributed by atoms with Crippen LogP contribution in [0.3, 0.4) is 0 Å². The van der Waals surface area contributed by atoms with Gasteiger partial charge in [0.15, 0.2) is 11.5 Å². The third-order valence-electron chi connectivity index (χ3n) is 4.51. The van der Waals surface area contributed by atoms with E-state index in [-0.39, 0.29) is 15.6 Å². The summed E-state index contributed by atoms with van der Waals surface area (Å²) in [5.41, 5.74) is 7.09. The zero-order valence-corrected chi connectivity index (χ0v) is 21.5. The first kappa shape index (κ1) is 29.0. The van der Waals surface area contributed by atoms with E-state index in [0.29, 0.717) is 20.6 Å². The van der Waals surface area contributed by atoms with E-state index in [9.17, 15) is 21.6 Å². The maximum absolute atomic E-state index is 13.3. The summed E-state index contributed by atoms with van der Waals surface area (Å²) in [5.74, 6) is -1.75. The van der Waals surface area contributed by atoms with Gasteiger partial charge in [-0.3, -0.25) is 5.41 Å². The van der Waals surface area contributed by atoms with Crippen molar-refractivity contribution in [2.75, 3.05) is 20.5 Å². The molecule has 0 aliphatic carbocycles. The third kappa shape index (κ3) is 6.71. The van der Waals surface area contributed by atoms with E-state index in [1.807, 2.05) is 12.1 Å². The van der Waals surface area contributed by atoms with Crippen molar-refractivity contribution in [3.05, 3.63) is 53.4 Å². The molecule has 0 saturated heterocycles. The van der Waals surface area contributed by atoms with Gasteiger partial charge >= 0.3 is 12.1 Å². The minimum Gasteiger partial charge on any atom is -0.493 e. The predicted octanol–water partition coefficient (Wildman–Crippen LogP) is 4.90. The Morgan fingerprint density at radius 3 is 2.14 bits per heavy atom. The second-order valence-corrected chi connectivity index (χ2v) is 10.8. The lowest BCUT2D eigenvalue weighted by Gasteiger charge is -2.11. The van der Waals surface area contributed by atoms with Gasteiger partial charge in [-0.2, -0.15) is 13.2 Å². The standard InChI is InChI=1S/C20H20N2O4S3.C2HF3O2/c1-25-15-8-7-13(10-16(15)26-2)12-5-4-6-14(9-12)29(23,24)18-11-17(19(21)22)28-20(18)27-3;3-2(4,5)1(6)7/h4-11H,1-3H3,(H3,21,22);(H,6,7). The summed E-state index contributed by atoms with van der Waals surface area (Å²) in [4.78, 5) is 9.68. The lowest BCUT2D eigenvalue weighted by atomic mass is 10.1. The number of alkyl halides is 3. The lowest BCUT2D eigenvalue weighted by Crippen LogP contribution is -2.21. The number of carboxylic acids is 1. The van der Waals surface area contributed by atoms with Gasteiger partial charge in [0.05, 0.1) is 33.1 Å². The average molecular weight is 563 g/mol. The van der Waals surface area contributed by atoms with E-state index in [0.717, 1.165) is 11.1 Å². The van der Waals surface area contributed by atoms with Crippen LogP contribution in [0, 0.1) is 5.41 Å².